The molecule has 0 radical (unpaired) electrons. The Morgan fingerprint density at radius 1 is 1.27 bits per heavy atom. The van der Waals surface area contributed by atoms with E-state index in [0.29, 0.717) is 24.5 Å². The zero-order chi connectivity index (χ0) is 20.9. The number of aromatic nitrogens is 2. The van der Waals surface area contributed by atoms with Crippen molar-refractivity contribution in [2.75, 3.05) is 46.5 Å². The molecule has 1 aliphatic heterocycles. The number of nitrogens with zero attached hydrogens (tertiary/aromatic N) is 3. The van der Waals surface area contributed by atoms with E-state index in [1.165, 1.54) is 0 Å². The van der Waals surface area contributed by atoms with Crippen molar-refractivity contribution in [1.29, 1.82) is 0 Å². The molecule has 8 nitrogen and oxygen atoms in total. The minimum absolute atomic E-state index is 0.118. The van der Waals surface area contributed by atoms with E-state index in [-0.39, 0.29) is 17.9 Å². The SMILES string of the molecule is COc1cccc2c(C(=O)NC[C@H]3CCCC[C@H]3O)nn(CCN3CCOCC3)c12. The molecular formula is C22H32N4O4. The molecule has 164 valence electrons. The average molecular weight is 417 g/mol. The Balaban J connectivity index is 1.52. The maximum atomic E-state index is 13.0. The van der Waals surface area contributed by atoms with Crippen LogP contribution in [-0.2, 0) is 11.3 Å². The molecule has 2 aromatic rings. The Bertz CT molecular complexity index is 862. The number of carbonyl (C=O) groups excluding carboxylic acids is 1. The first-order chi connectivity index (χ1) is 14.7. The number of methoxy groups -OCH3 is 1. The number of ether oxygens (including phenoxy) is 2. The molecule has 1 saturated heterocycles. The van der Waals surface area contributed by atoms with E-state index in [1.54, 1.807) is 7.11 Å². The van der Waals surface area contributed by atoms with Crippen LogP contribution >= 0.6 is 0 Å². The van der Waals surface area contributed by atoms with Crippen LogP contribution in [-0.4, -0.2) is 78.3 Å². The largest absolute Gasteiger partial charge is 0.494 e. The van der Waals surface area contributed by atoms with Crippen LogP contribution in [0.3, 0.4) is 0 Å². The van der Waals surface area contributed by atoms with Crippen molar-refractivity contribution >= 4 is 16.8 Å². The Hall–Kier alpha value is -2.16. The van der Waals surface area contributed by atoms with Crippen LogP contribution in [0.4, 0.5) is 0 Å². The number of benzene rings is 1. The highest BCUT2D eigenvalue weighted by molar-refractivity contribution is 6.06. The maximum absolute atomic E-state index is 13.0. The summed E-state index contributed by atoms with van der Waals surface area (Å²) in [6.45, 7) is 5.32. The molecule has 1 amide bonds. The molecule has 2 N–H and O–H groups in total. The molecule has 4 rings (SSSR count). The van der Waals surface area contributed by atoms with E-state index in [9.17, 15) is 9.90 Å². The van der Waals surface area contributed by atoms with Crippen LogP contribution in [0.5, 0.6) is 5.75 Å². The lowest BCUT2D eigenvalue weighted by atomic mass is 9.86. The zero-order valence-corrected chi connectivity index (χ0v) is 17.7. The third-order valence-electron chi connectivity index (χ3n) is 6.29. The van der Waals surface area contributed by atoms with Gasteiger partial charge >= 0.3 is 0 Å². The number of nitrogens with one attached hydrogen (secondary N) is 1. The molecular weight excluding hydrogens is 384 g/mol. The van der Waals surface area contributed by atoms with Crippen LogP contribution in [0.15, 0.2) is 18.2 Å². The predicted octanol–water partition coefficient (Wildman–Crippen LogP) is 1.66. The monoisotopic (exact) mass is 416 g/mol. The van der Waals surface area contributed by atoms with Gasteiger partial charge in [-0.3, -0.25) is 14.4 Å². The fourth-order valence-electron chi connectivity index (χ4n) is 4.49. The van der Waals surface area contributed by atoms with Gasteiger partial charge in [-0.05, 0) is 18.9 Å². The van der Waals surface area contributed by atoms with Gasteiger partial charge in [-0.15, -0.1) is 0 Å². The number of rotatable bonds is 7. The number of para-hydroxylation sites is 1. The third-order valence-corrected chi connectivity index (χ3v) is 6.29. The second-order valence-corrected chi connectivity index (χ2v) is 8.20. The highest BCUT2D eigenvalue weighted by Gasteiger charge is 2.25. The quantitative estimate of drug-likeness (QED) is 0.714. The van der Waals surface area contributed by atoms with Gasteiger partial charge in [0.05, 0.1) is 33.0 Å². The molecule has 0 spiro atoms. The summed E-state index contributed by atoms with van der Waals surface area (Å²) in [5.41, 5.74) is 1.26. The van der Waals surface area contributed by atoms with Crippen molar-refractivity contribution < 1.29 is 19.4 Å². The Morgan fingerprint density at radius 3 is 2.83 bits per heavy atom. The number of aliphatic hydroxyl groups excluding tert-OH is 1. The van der Waals surface area contributed by atoms with Gasteiger partial charge in [0.1, 0.15) is 11.3 Å². The van der Waals surface area contributed by atoms with E-state index in [2.05, 4.69) is 15.3 Å². The van der Waals surface area contributed by atoms with E-state index in [1.807, 2.05) is 22.9 Å². The highest BCUT2D eigenvalue weighted by Crippen LogP contribution is 2.28. The van der Waals surface area contributed by atoms with Gasteiger partial charge in [-0.1, -0.05) is 25.0 Å². The van der Waals surface area contributed by atoms with Crippen LogP contribution in [0.25, 0.3) is 10.9 Å². The Kier molecular flexibility index (Phi) is 6.86. The number of amides is 1. The first-order valence-corrected chi connectivity index (χ1v) is 11.0. The predicted molar refractivity (Wildman–Crippen MR) is 114 cm³/mol. The summed E-state index contributed by atoms with van der Waals surface area (Å²) >= 11 is 0. The summed E-state index contributed by atoms with van der Waals surface area (Å²) in [6, 6.07) is 5.70. The number of carbonyl (C=O) groups is 1. The molecule has 8 heteroatoms. The molecule has 1 aliphatic carbocycles. The van der Waals surface area contributed by atoms with Crippen molar-refractivity contribution in [3.8, 4) is 5.75 Å². The molecule has 30 heavy (non-hydrogen) atoms. The molecule has 2 atom stereocenters. The minimum atomic E-state index is -0.332. The summed E-state index contributed by atoms with van der Waals surface area (Å²) in [4.78, 5) is 15.3. The average Bonchev–Trinajstić information content (AvgIpc) is 3.16. The fraction of sp³-hybridized carbons (Fsp3) is 0.636. The van der Waals surface area contributed by atoms with E-state index in [0.717, 1.165) is 69.4 Å². The second kappa shape index (κ2) is 9.76. The van der Waals surface area contributed by atoms with Crippen LogP contribution < -0.4 is 10.1 Å². The smallest absolute Gasteiger partial charge is 0.272 e. The molecule has 2 heterocycles. The molecule has 1 aromatic carbocycles. The number of hydrogen-bond acceptors (Lipinski definition) is 6. The number of aliphatic hydroxyl groups is 1. The number of hydrogen-bond donors (Lipinski definition) is 2. The van der Waals surface area contributed by atoms with Crippen LogP contribution in [0.2, 0.25) is 0 Å². The first-order valence-electron chi connectivity index (χ1n) is 11.0. The van der Waals surface area contributed by atoms with E-state index < -0.39 is 0 Å². The third kappa shape index (κ3) is 4.61. The van der Waals surface area contributed by atoms with Gasteiger partial charge in [0.15, 0.2) is 5.69 Å². The van der Waals surface area contributed by atoms with Crippen molar-refractivity contribution in [1.82, 2.24) is 20.0 Å². The van der Waals surface area contributed by atoms with Gasteiger partial charge in [0, 0.05) is 37.5 Å². The molecule has 2 aliphatic rings. The summed E-state index contributed by atoms with van der Waals surface area (Å²) in [5.74, 6) is 0.631. The maximum Gasteiger partial charge on any atom is 0.272 e. The zero-order valence-electron chi connectivity index (χ0n) is 17.7. The van der Waals surface area contributed by atoms with Gasteiger partial charge in [0.2, 0.25) is 0 Å². The van der Waals surface area contributed by atoms with Crippen molar-refractivity contribution in [2.45, 2.75) is 38.3 Å². The minimum Gasteiger partial charge on any atom is -0.494 e. The first kappa shape index (κ1) is 21.1. The summed E-state index contributed by atoms with van der Waals surface area (Å²) in [7, 11) is 1.64. The van der Waals surface area contributed by atoms with Gasteiger partial charge < -0.3 is 19.9 Å². The van der Waals surface area contributed by atoms with Crippen LogP contribution in [0, 0.1) is 5.92 Å². The van der Waals surface area contributed by atoms with E-state index in [4.69, 9.17) is 9.47 Å². The lowest BCUT2D eigenvalue weighted by molar-refractivity contribution is 0.0361. The van der Waals surface area contributed by atoms with Gasteiger partial charge in [0.25, 0.3) is 5.91 Å². The van der Waals surface area contributed by atoms with Gasteiger partial charge in [-0.25, -0.2) is 0 Å². The van der Waals surface area contributed by atoms with Crippen molar-refractivity contribution in [3.63, 3.8) is 0 Å². The molecule has 2 fully saturated rings. The topological polar surface area (TPSA) is 88.8 Å². The molecule has 1 aromatic heterocycles. The normalized spacial score (nSPS) is 22.9. The second-order valence-electron chi connectivity index (χ2n) is 8.20. The Labute approximate surface area is 177 Å². The summed E-state index contributed by atoms with van der Waals surface area (Å²) in [6.07, 6.45) is 3.60. The standard InChI is InChI=1S/C22H32N4O4/c1-29-19-8-4-6-17-20(22(28)23-15-16-5-2-3-7-18(16)27)24-26(21(17)19)10-9-25-11-13-30-14-12-25/h4,6,8,16,18,27H,2-3,5,7,9-15H2,1H3,(H,23,28)/t16-,18-/m1/s1. The van der Waals surface area contributed by atoms with Crippen molar-refractivity contribution in [2.24, 2.45) is 5.92 Å². The van der Waals surface area contributed by atoms with Gasteiger partial charge in [-0.2, -0.15) is 5.10 Å². The molecule has 0 unspecified atom stereocenters. The van der Waals surface area contributed by atoms with Crippen molar-refractivity contribution in [3.05, 3.63) is 23.9 Å². The fourth-order valence-corrected chi connectivity index (χ4v) is 4.49. The molecule has 0 bridgehead atoms. The summed E-state index contributed by atoms with van der Waals surface area (Å²) in [5, 5.41) is 18.7. The lowest BCUT2D eigenvalue weighted by Crippen LogP contribution is -2.38. The number of fused-ring (bicyclic) bond motifs is 1. The lowest BCUT2D eigenvalue weighted by Gasteiger charge is -2.27. The summed E-state index contributed by atoms with van der Waals surface area (Å²) < 4.78 is 12.9. The highest BCUT2D eigenvalue weighted by atomic mass is 16.5. The Morgan fingerprint density at radius 2 is 2.07 bits per heavy atom. The molecule has 1 saturated carbocycles. The van der Waals surface area contributed by atoms with E-state index >= 15 is 0 Å². The van der Waals surface area contributed by atoms with Crippen LogP contribution in [0.1, 0.15) is 36.2 Å². The number of morpholine rings is 1.